The standard InChI is InChI=1S/C11H17N3O2.ClH/c1-7-10(16-8(2)13-7)11(15)14-9-4-3-5-12-6-9;/h9,12H,3-6H2,1-2H3,(H,14,15);1H/t9-;/m0./s1. The highest BCUT2D eigenvalue weighted by atomic mass is 35.5. The molecule has 1 amide bonds. The van der Waals surface area contributed by atoms with Crippen LogP contribution in [0, 0.1) is 13.8 Å². The molecule has 96 valence electrons. The number of nitrogens with zero attached hydrogens (tertiary/aromatic N) is 1. The first-order valence-electron chi connectivity index (χ1n) is 5.62. The molecule has 1 aliphatic rings. The Hall–Kier alpha value is -1.07. The molecule has 1 atom stereocenters. The van der Waals surface area contributed by atoms with Crippen molar-refractivity contribution in [2.45, 2.75) is 32.7 Å². The predicted octanol–water partition coefficient (Wildman–Crippen LogP) is 1.20. The summed E-state index contributed by atoms with van der Waals surface area (Å²) in [7, 11) is 0. The van der Waals surface area contributed by atoms with Gasteiger partial charge in [-0.3, -0.25) is 4.79 Å². The average molecular weight is 260 g/mol. The maximum absolute atomic E-state index is 11.9. The van der Waals surface area contributed by atoms with Crippen LogP contribution >= 0.6 is 12.4 Å². The largest absolute Gasteiger partial charge is 0.436 e. The lowest BCUT2D eigenvalue weighted by Crippen LogP contribution is -2.45. The molecule has 0 radical (unpaired) electrons. The molecule has 1 aromatic heterocycles. The van der Waals surface area contributed by atoms with Gasteiger partial charge < -0.3 is 15.1 Å². The lowest BCUT2D eigenvalue weighted by atomic mass is 10.1. The Morgan fingerprint density at radius 2 is 2.29 bits per heavy atom. The molecule has 1 aliphatic heterocycles. The number of hydrogen-bond acceptors (Lipinski definition) is 4. The van der Waals surface area contributed by atoms with E-state index in [1.54, 1.807) is 13.8 Å². The molecular formula is C11H18ClN3O2. The van der Waals surface area contributed by atoms with Gasteiger partial charge in [0, 0.05) is 19.5 Å². The van der Waals surface area contributed by atoms with E-state index >= 15 is 0 Å². The summed E-state index contributed by atoms with van der Waals surface area (Å²) >= 11 is 0. The number of aryl methyl sites for hydroxylation is 2. The molecular weight excluding hydrogens is 242 g/mol. The van der Waals surface area contributed by atoms with Crippen molar-refractivity contribution in [3.05, 3.63) is 17.3 Å². The van der Waals surface area contributed by atoms with Gasteiger partial charge in [0.25, 0.3) is 5.91 Å². The molecule has 1 saturated heterocycles. The summed E-state index contributed by atoms with van der Waals surface area (Å²) in [4.78, 5) is 16.0. The van der Waals surface area contributed by atoms with E-state index < -0.39 is 0 Å². The lowest BCUT2D eigenvalue weighted by molar-refractivity contribution is 0.0900. The number of carbonyl (C=O) groups is 1. The Morgan fingerprint density at radius 1 is 1.53 bits per heavy atom. The van der Waals surface area contributed by atoms with Crippen LogP contribution in [0.5, 0.6) is 0 Å². The van der Waals surface area contributed by atoms with Crippen LogP contribution in [0.3, 0.4) is 0 Å². The van der Waals surface area contributed by atoms with Crippen LogP contribution in [0.1, 0.15) is 35.0 Å². The van der Waals surface area contributed by atoms with Gasteiger partial charge >= 0.3 is 0 Å². The van der Waals surface area contributed by atoms with Crippen molar-refractivity contribution < 1.29 is 9.21 Å². The summed E-state index contributed by atoms with van der Waals surface area (Å²) in [6.45, 7) is 5.39. The summed E-state index contributed by atoms with van der Waals surface area (Å²) in [5.41, 5.74) is 0.652. The Bertz CT molecular complexity index is 386. The Balaban J connectivity index is 0.00000144. The molecule has 6 heteroatoms. The number of rotatable bonds is 2. The second-order valence-electron chi connectivity index (χ2n) is 4.16. The van der Waals surface area contributed by atoms with Crippen LogP contribution in [-0.4, -0.2) is 30.0 Å². The quantitative estimate of drug-likeness (QED) is 0.837. The third-order valence-electron chi connectivity index (χ3n) is 2.74. The monoisotopic (exact) mass is 259 g/mol. The van der Waals surface area contributed by atoms with Crippen molar-refractivity contribution in [3.63, 3.8) is 0 Å². The van der Waals surface area contributed by atoms with E-state index in [1.165, 1.54) is 0 Å². The topological polar surface area (TPSA) is 67.2 Å². The summed E-state index contributed by atoms with van der Waals surface area (Å²) in [5, 5.41) is 6.20. The molecule has 2 N–H and O–H groups in total. The molecule has 17 heavy (non-hydrogen) atoms. The van der Waals surface area contributed by atoms with Crippen molar-refractivity contribution in [2.75, 3.05) is 13.1 Å². The van der Waals surface area contributed by atoms with Gasteiger partial charge in [-0.2, -0.15) is 0 Å². The maximum Gasteiger partial charge on any atom is 0.289 e. The zero-order chi connectivity index (χ0) is 11.5. The molecule has 2 heterocycles. The summed E-state index contributed by atoms with van der Waals surface area (Å²) in [6, 6.07) is 0.200. The SMILES string of the molecule is Cc1nc(C)c(C(=O)N[C@H]2CCCNC2)o1.Cl. The average Bonchev–Trinajstić information content (AvgIpc) is 2.59. The number of hydrogen-bond donors (Lipinski definition) is 2. The van der Waals surface area contributed by atoms with Gasteiger partial charge in [0.05, 0.1) is 5.69 Å². The van der Waals surface area contributed by atoms with E-state index in [0.29, 0.717) is 17.3 Å². The molecule has 2 rings (SSSR count). The molecule has 0 saturated carbocycles. The van der Waals surface area contributed by atoms with Gasteiger partial charge in [-0.25, -0.2) is 4.98 Å². The molecule has 5 nitrogen and oxygen atoms in total. The van der Waals surface area contributed by atoms with E-state index in [1.807, 2.05) is 0 Å². The molecule has 0 spiro atoms. The molecule has 1 aromatic rings. The number of amides is 1. The van der Waals surface area contributed by atoms with Gasteiger partial charge in [-0.15, -0.1) is 12.4 Å². The third-order valence-corrected chi connectivity index (χ3v) is 2.74. The van der Waals surface area contributed by atoms with E-state index in [-0.39, 0.29) is 24.4 Å². The fourth-order valence-corrected chi connectivity index (χ4v) is 1.97. The van der Waals surface area contributed by atoms with Gasteiger partial charge in [0.2, 0.25) is 5.76 Å². The highest BCUT2D eigenvalue weighted by Crippen LogP contribution is 2.10. The predicted molar refractivity (Wildman–Crippen MR) is 66.6 cm³/mol. The second-order valence-corrected chi connectivity index (χ2v) is 4.16. The Kier molecular flexibility index (Phi) is 4.96. The van der Waals surface area contributed by atoms with Crippen molar-refractivity contribution in [1.29, 1.82) is 0 Å². The fraction of sp³-hybridized carbons (Fsp3) is 0.636. The second kappa shape index (κ2) is 6.02. The maximum atomic E-state index is 11.9. The van der Waals surface area contributed by atoms with Crippen molar-refractivity contribution in [1.82, 2.24) is 15.6 Å². The summed E-state index contributed by atoms with van der Waals surface area (Å²) < 4.78 is 5.27. The number of aromatic nitrogens is 1. The van der Waals surface area contributed by atoms with E-state index in [0.717, 1.165) is 25.9 Å². The normalized spacial score (nSPS) is 19.5. The Labute approximate surface area is 107 Å². The minimum atomic E-state index is -0.160. The fourth-order valence-electron chi connectivity index (χ4n) is 1.97. The van der Waals surface area contributed by atoms with Gasteiger partial charge in [-0.1, -0.05) is 0 Å². The molecule has 0 unspecified atom stereocenters. The summed E-state index contributed by atoms with van der Waals surface area (Å²) in [6.07, 6.45) is 2.12. The number of oxazole rings is 1. The zero-order valence-corrected chi connectivity index (χ0v) is 10.9. The van der Waals surface area contributed by atoms with Crippen LogP contribution < -0.4 is 10.6 Å². The Morgan fingerprint density at radius 3 is 2.82 bits per heavy atom. The van der Waals surface area contributed by atoms with Crippen LogP contribution in [0.25, 0.3) is 0 Å². The summed E-state index contributed by atoms with van der Waals surface area (Å²) in [5.74, 6) is 0.708. The molecule has 0 aromatic carbocycles. The van der Waals surface area contributed by atoms with Crippen molar-refractivity contribution in [2.24, 2.45) is 0 Å². The molecule has 1 fully saturated rings. The highest BCUT2D eigenvalue weighted by Gasteiger charge is 2.20. The minimum absolute atomic E-state index is 0. The number of nitrogens with one attached hydrogen (secondary N) is 2. The van der Waals surface area contributed by atoms with Crippen molar-refractivity contribution >= 4 is 18.3 Å². The molecule has 0 aliphatic carbocycles. The number of halogens is 1. The van der Waals surface area contributed by atoms with Crippen LogP contribution in [-0.2, 0) is 0 Å². The van der Waals surface area contributed by atoms with Crippen molar-refractivity contribution in [3.8, 4) is 0 Å². The minimum Gasteiger partial charge on any atom is -0.436 e. The molecule has 0 bridgehead atoms. The van der Waals surface area contributed by atoms with E-state index in [2.05, 4.69) is 15.6 Å². The zero-order valence-electron chi connectivity index (χ0n) is 10.1. The number of piperidine rings is 1. The highest BCUT2D eigenvalue weighted by molar-refractivity contribution is 5.92. The smallest absolute Gasteiger partial charge is 0.289 e. The first-order chi connectivity index (χ1) is 7.66. The third kappa shape index (κ3) is 3.44. The first kappa shape index (κ1) is 14.0. The van der Waals surface area contributed by atoms with Gasteiger partial charge in [-0.05, 0) is 26.3 Å². The number of carbonyl (C=O) groups excluding carboxylic acids is 1. The van der Waals surface area contributed by atoms with Crippen LogP contribution in [0.4, 0.5) is 0 Å². The van der Waals surface area contributed by atoms with Gasteiger partial charge in [0.1, 0.15) is 0 Å². The van der Waals surface area contributed by atoms with Crippen LogP contribution in [0.15, 0.2) is 4.42 Å². The lowest BCUT2D eigenvalue weighted by Gasteiger charge is -2.23. The van der Waals surface area contributed by atoms with Crippen LogP contribution in [0.2, 0.25) is 0 Å². The van der Waals surface area contributed by atoms with E-state index in [9.17, 15) is 4.79 Å². The first-order valence-corrected chi connectivity index (χ1v) is 5.62. The van der Waals surface area contributed by atoms with Gasteiger partial charge in [0.15, 0.2) is 5.89 Å². The van der Waals surface area contributed by atoms with E-state index in [4.69, 9.17) is 4.42 Å².